The Balaban J connectivity index is 1.79. The molecule has 0 amide bonds. The van der Waals surface area contributed by atoms with Crippen molar-refractivity contribution >= 4 is 45.9 Å². The van der Waals surface area contributed by atoms with E-state index in [4.69, 9.17) is 11.6 Å². The molecule has 0 radical (unpaired) electrons. The Morgan fingerprint density at radius 2 is 1.97 bits per heavy atom. The van der Waals surface area contributed by atoms with Crippen LogP contribution in [0.5, 0.6) is 0 Å². The van der Waals surface area contributed by atoms with E-state index in [1.165, 1.54) is 11.8 Å². The zero-order valence-electron chi connectivity index (χ0n) is 19.1. The van der Waals surface area contributed by atoms with Gasteiger partial charge in [0.15, 0.2) is 5.82 Å². The smallest absolute Gasteiger partial charge is 0.342 e. The van der Waals surface area contributed by atoms with Crippen LogP contribution in [0.3, 0.4) is 0 Å². The number of rotatable bonds is 4. The Bertz CT molecular complexity index is 1380. The summed E-state index contributed by atoms with van der Waals surface area (Å²) in [7, 11) is 2.06. The van der Waals surface area contributed by atoms with Crippen molar-refractivity contribution in [2.24, 2.45) is 0 Å². The summed E-state index contributed by atoms with van der Waals surface area (Å²) in [4.78, 5) is 29.7. The zero-order valence-corrected chi connectivity index (χ0v) is 20.7. The number of hydrogen-bond acceptors (Lipinski definition) is 5. The molecular formula is C25H25ClFN3O3S. The van der Waals surface area contributed by atoms with Gasteiger partial charge in [-0.3, -0.25) is 4.79 Å². The number of benzene rings is 2. The molecule has 9 heteroatoms. The maximum Gasteiger partial charge on any atom is 0.342 e. The predicted octanol–water partition coefficient (Wildman–Crippen LogP) is 4.85. The number of carboxylic acids is 1. The van der Waals surface area contributed by atoms with E-state index >= 15 is 4.39 Å². The molecular weight excluding hydrogens is 477 g/mol. The number of pyridine rings is 1. The van der Waals surface area contributed by atoms with Crippen LogP contribution in [-0.4, -0.2) is 53.3 Å². The topological polar surface area (TPSA) is 65.8 Å². The first-order valence-electron chi connectivity index (χ1n) is 11.3. The van der Waals surface area contributed by atoms with E-state index in [0.29, 0.717) is 34.3 Å². The molecule has 2 unspecified atom stereocenters. The third-order valence-electron chi connectivity index (χ3n) is 6.95. The Kier molecular flexibility index (Phi) is 5.86. The molecule has 2 atom stereocenters. The summed E-state index contributed by atoms with van der Waals surface area (Å²) in [5.74, 6) is -1.73. The Morgan fingerprint density at radius 1 is 1.26 bits per heavy atom. The van der Waals surface area contributed by atoms with Crippen molar-refractivity contribution in [3.05, 3.63) is 68.1 Å². The van der Waals surface area contributed by atoms with E-state index in [9.17, 15) is 14.7 Å². The second-order valence-electron chi connectivity index (χ2n) is 8.92. The van der Waals surface area contributed by atoms with Gasteiger partial charge in [-0.2, -0.15) is 0 Å². The first kappa shape index (κ1) is 23.2. The Labute approximate surface area is 205 Å². The first-order chi connectivity index (χ1) is 16.2. The summed E-state index contributed by atoms with van der Waals surface area (Å²) in [6.07, 6.45) is 0.284. The molecule has 34 heavy (non-hydrogen) atoms. The summed E-state index contributed by atoms with van der Waals surface area (Å²) in [6, 6.07) is 9.34. The normalized spacial score (nSPS) is 20.3. The van der Waals surface area contributed by atoms with Gasteiger partial charge in [0.2, 0.25) is 5.43 Å². The summed E-state index contributed by atoms with van der Waals surface area (Å²) >= 11 is 7.39. The summed E-state index contributed by atoms with van der Waals surface area (Å²) in [5.41, 5.74) is 1.33. The number of carboxylic acid groups (broad SMARTS) is 1. The van der Waals surface area contributed by atoms with Crippen molar-refractivity contribution in [3.63, 3.8) is 0 Å². The van der Waals surface area contributed by atoms with Gasteiger partial charge in [-0.1, -0.05) is 42.4 Å². The van der Waals surface area contributed by atoms with Crippen LogP contribution in [0.1, 0.15) is 40.7 Å². The molecule has 1 fully saturated rings. The molecule has 1 N–H and O–H groups in total. The van der Waals surface area contributed by atoms with Crippen LogP contribution in [0.15, 0.2) is 40.2 Å². The Hall–Kier alpha value is -2.55. The molecule has 178 valence electrons. The standard InChI is InChI=1S/C25H25ClFN3O3S/c1-4-16-19-17(11-18(21(16)27)29-10-9-28(3)13(2)12-29)30-23(14-5-7-15(26)8-6-14)34-24(30)20(22(19)31)25(32)33/h5-8,11,13,23H,4,9-10,12H2,1-3H3,(H,32,33). The number of thioether (sulfide) groups is 1. The lowest BCUT2D eigenvalue weighted by atomic mass is 9.99. The van der Waals surface area contributed by atoms with Gasteiger partial charge in [-0.15, -0.1) is 0 Å². The number of anilines is 1. The molecule has 1 aromatic heterocycles. The average Bonchev–Trinajstić information content (AvgIpc) is 2.78. The largest absolute Gasteiger partial charge is 0.477 e. The quantitative estimate of drug-likeness (QED) is 0.551. The number of likely N-dealkylation sites (N-methyl/N-ethyl adjacent to an activating group) is 1. The van der Waals surface area contributed by atoms with Crippen LogP contribution in [0, 0.1) is 5.82 Å². The number of aryl methyl sites for hydroxylation is 1. The van der Waals surface area contributed by atoms with E-state index in [1.807, 2.05) is 21.6 Å². The molecule has 0 aliphatic carbocycles. The van der Waals surface area contributed by atoms with Gasteiger partial charge < -0.3 is 19.5 Å². The van der Waals surface area contributed by atoms with Crippen molar-refractivity contribution in [1.82, 2.24) is 9.47 Å². The monoisotopic (exact) mass is 501 g/mol. The highest BCUT2D eigenvalue weighted by Crippen LogP contribution is 2.51. The molecule has 1 saturated heterocycles. The third-order valence-corrected chi connectivity index (χ3v) is 8.53. The maximum atomic E-state index is 15.9. The van der Waals surface area contributed by atoms with Gasteiger partial charge >= 0.3 is 5.97 Å². The molecule has 0 saturated carbocycles. The fourth-order valence-corrected chi connectivity index (χ4v) is 6.31. The van der Waals surface area contributed by atoms with Crippen LogP contribution in [0.2, 0.25) is 5.02 Å². The molecule has 0 bridgehead atoms. The molecule has 3 aromatic rings. The van der Waals surface area contributed by atoms with E-state index in [-0.39, 0.29) is 34.3 Å². The minimum Gasteiger partial charge on any atom is -0.477 e. The predicted molar refractivity (Wildman–Crippen MR) is 134 cm³/mol. The van der Waals surface area contributed by atoms with Crippen molar-refractivity contribution in [3.8, 4) is 0 Å². The SMILES string of the molecule is CCc1c(F)c(N2CCN(C)C(C)C2)cc2c1c(=O)c(C(=O)O)c1n2C(c2ccc(Cl)cc2)S1. The van der Waals surface area contributed by atoms with Crippen LogP contribution in [0.25, 0.3) is 10.9 Å². The van der Waals surface area contributed by atoms with Crippen LogP contribution in [0.4, 0.5) is 10.1 Å². The van der Waals surface area contributed by atoms with E-state index in [1.54, 1.807) is 25.1 Å². The van der Waals surface area contributed by atoms with E-state index in [2.05, 4.69) is 18.9 Å². The van der Waals surface area contributed by atoms with Crippen LogP contribution < -0.4 is 10.3 Å². The summed E-state index contributed by atoms with van der Waals surface area (Å²) in [5, 5.41) is 10.8. The molecule has 2 aromatic carbocycles. The molecule has 3 heterocycles. The van der Waals surface area contributed by atoms with Gasteiger partial charge in [0, 0.05) is 36.3 Å². The van der Waals surface area contributed by atoms with Crippen molar-refractivity contribution in [2.45, 2.75) is 36.7 Å². The number of aromatic nitrogens is 1. The minimum atomic E-state index is -1.29. The van der Waals surface area contributed by atoms with Crippen LogP contribution in [-0.2, 0) is 6.42 Å². The van der Waals surface area contributed by atoms with E-state index in [0.717, 1.165) is 12.1 Å². The van der Waals surface area contributed by atoms with Crippen molar-refractivity contribution < 1.29 is 14.3 Å². The number of nitrogens with zero attached hydrogens (tertiary/aromatic N) is 3. The summed E-state index contributed by atoms with van der Waals surface area (Å²) in [6.45, 7) is 6.05. The fourth-order valence-electron chi connectivity index (χ4n) is 4.90. The number of piperazine rings is 1. The van der Waals surface area contributed by atoms with Gasteiger partial charge in [-0.05, 0) is 44.2 Å². The zero-order chi connectivity index (χ0) is 24.3. The lowest BCUT2D eigenvalue weighted by molar-refractivity contribution is 0.0689. The summed E-state index contributed by atoms with van der Waals surface area (Å²) < 4.78 is 17.7. The fraction of sp³-hybridized carbons (Fsp3) is 0.360. The lowest BCUT2D eigenvalue weighted by Gasteiger charge is -2.40. The molecule has 2 aliphatic heterocycles. The van der Waals surface area contributed by atoms with Gasteiger partial charge in [0.25, 0.3) is 0 Å². The highest BCUT2D eigenvalue weighted by atomic mass is 35.5. The highest BCUT2D eigenvalue weighted by molar-refractivity contribution is 8.00. The number of hydrogen-bond donors (Lipinski definition) is 1. The third kappa shape index (κ3) is 3.51. The molecule has 6 nitrogen and oxygen atoms in total. The average molecular weight is 502 g/mol. The van der Waals surface area contributed by atoms with Gasteiger partial charge in [0.05, 0.1) is 21.6 Å². The number of fused-ring (bicyclic) bond motifs is 3. The Morgan fingerprint density at radius 3 is 2.59 bits per heavy atom. The van der Waals surface area contributed by atoms with Crippen molar-refractivity contribution in [1.29, 1.82) is 0 Å². The second-order valence-corrected chi connectivity index (χ2v) is 10.4. The number of aromatic carboxylic acids is 1. The molecule has 5 rings (SSSR count). The van der Waals surface area contributed by atoms with E-state index < -0.39 is 17.2 Å². The van der Waals surface area contributed by atoms with Crippen LogP contribution >= 0.6 is 23.4 Å². The lowest BCUT2D eigenvalue weighted by Crippen LogP contribution is -2.50. The number of carbonyl (C=O) groups is 1. The maximum absolute atomic E-state index is 15.9. The van der Waals surface area contributed by atoms with Gasteiger partial charge in [-0.25, -0.2) is 9.18 Å². The second kappa shape index (κ2) is 8.59. The minimum absolute atomic E-state index is 0.159. The first-order valence-corrected chi connectivity index (χ1v) is 12.5. The van der Waals surface area contributed by atoms with Gasteiger partial charge in [0.1, 0.15) is 10.9 Å². The van der Waals surface area contributed by atoms with Crippen molar-refractivity contribution in [2.75, 3.05) is 31.6 Å². The highest BCUT2D eigenvalue weighted by Gasteiger charge is 2.38. The number of halogens is 2. The molecule has 2 aliphatic rings. The molecule has 0 spiro atoms.